The molecule has 0 bridgehead atoms. The van der Waals surface area contributed by atoms with Gasteiger partial charge in [0.15, 0.2) is 28.8 Å². The summed E-state index contributed by atoms with van der Waals surface area (Å²) in [6.07, 6.45) is 3.87. The van der Waals surface area contributed by atoms with E-state index in [1.54, 1.807) is 28.4 Å². The average molecular weight is 486 g/mol. The Balaban J connectivity index is 1.71. The molecule has 6 heteroatoms. The van der Waals surface area contributed by atoms with Crippen LogP contribution in [0.5, 0.6) is 23.0 Å². The highest BCUT2D eigenvalue weighted by molar-refractivity contribution is 6.14. The van der Waals surface area contributed by atoms with E-state index in [0.29, 0.717) is 36.1 Å². The number of rotatable bonds is 8. The highest BCUT2D eigenvalue weighted by Gasteiger charge is 2.26. The summed E-state index contributed by atoms with van der Waals surface area (Å²) in [6, 6.07) is 21.6. The van der Waals surface area contributed by atoms with Crippen LogP contribution in [0, 0.1) is 0 Å². The Morgan fingerprint density at radius 1 is 0.667 bits per heavy atom. The van der Waals surface area contributed by atoms with Gasteiger partial charge in [-0.2, -0.15) is 0 Å². The van der Waals surface area contributed by atoms with Gasteiger partial charge in [0.05, 0.1) is 28.4 Å². The van der Waals surface area contributed by atoms with Crippen LogP contribution in [0.4, 0.5) is 0 Å². The number of piperidine rings is 1. The van der Waals surface area contributed by atoms with Crippen LogP contribution < -0.4 is 18.9 Å². The maximum absolute atomic E-state index is 13.6. The molecule has 3 aromatic carbocycles. The normalized spacial score (nSPS) is 16.3. The highest BCUT2D eigenvalue weighted by atomic mass is 16.5. The lowest BCUT2D eigenvalue weighted by Crippen LogP contribution is -2.37. The molecule has 0 aromatic heterocycles. The number of methoxy groups -OCH3 is 4. The number of likely N-dealkylation sites (tertiary alicyclic amines) is 1. The summed E-state index contributed by atoms with van der Waals surface area (Å²) in [5.41, 5.74) is 4.39. The largest absolute Gasteiger partial charge is 0.493 e. The summed E-state index contributed by atoms with van der Waals surface area (Å²) < 4.78 is 21.6. The molecule has 0 unspecified atom stereocenters. The standard InChI is InChI=1S/C30H31NO5/c1-33-26-12-10-22(16-28(26)35-3)14-24-19-31(18-21-8-6-5-7-9-21)20-25(30(24)32)15-23-11-13-27(34-2)29(17-23)36-4/h5-17H,18-20H2,1-4H3. The maximum atomic E-state index is 13.6. The minimum absolute atomic E-state index is 0.0314. The Morgan fingerprint density at radius 2 is 1.14 bits per heavy atom. The van der Waals surface area contributed by atoms with Crippen molar-refractivity contribution in [1.82, 2.24) is 4.90 Å². The first-order valence-corrected chi connectivity index (χ1v) is 11.7. The molecule has 0 spiro atoms. The van der Waals surface area contributed by atoms with E-state index in [4.69, 9.17) is 18.9 Å². The molecular weight excluding hydrogens is 454 g/mol. The van der Waals surface area contributed by atoms with Crippen LogP contribution in [0.1, 0.15) is 16.7 Å². The Bertz CT molecular complexity index is 1200. The van der Waals surface area contributed by atoms with Crippen molar-refractivity contribution in [2.75, 3.05) is 41.5 Å². The van der Waals surface area contributed by atoms with Crippen molar-refractivity contribution in [1.29, 1.82) is 0 Å². The van der Waals surface area contributed by atoms with Crippen molar-refractivity contribution >= 4 is 17.9 Å². The van der Waals surface area contributed by atoms with Crippen LogP contribution in [0.2, 0.25) is 0 Å². The van der Waals surface area contributed by atoms with Gasteiger partial charge in [-0.1, -0.05) is 42.5 Å². The van der Waals surface area contributed by atoms with Crippen molar-refractivity contribution in [2.45, 2.75) is 6.54 Å². The fourth-order valence-corrected chi connectivity index (χ4v) is 4.35. The molecular formula is C30H31NO5. The molecule has 1 fully saturated rings. The Morgan fingerprint density at radius 3 is 1.58 bits per heavy atom. The molecule has 0 atom stereocenters. The summed E-state index contributed by atoms with van der Waals surface area (Å²) in [5, 5.41) is 0. The molecule has 0 radical (unpaired) electrons. The second kappa shape index (κ2) is 11.6. The van der Waals surface area contributed by atoms with Gasteiger partial charge in [0.1, 0.15) is 0 Å². The van der Waals surface area contributed by atoms with Crippen LogP contribution in [0.15, 0.2) is 77.9 Å². The molecule has 6 nitrogen and oxygen atoms in total. The van der Waals surface area contributed by atoms with E-state index in [-0.39, 0.29) is 5.78 Å². The van der Waals surface area contributed by atoms with Gasteiger partial charge in [-0.15, -0.1) is 0 Å². The van der Waals surface area contributed by atoms with Crippen molar-refractivity contribution in [2.24, 2.45) is 0 Å². The van der Waals surface area contributed by atoms with E-state index in [0.717, 1.165) is 28.8 Å². The fourth-order valence-electron chi connectivity index (χ4n) is 4.35. The van der Waals surface area contributed by atoms with Gasteiger partial charge in [0.25, 0.3) is 0 Å². The Hall–Kier alpha value is -4.03. The Kier molecular flexibility index (Phi) is 8.08. The number of nitrogens with zero attached hydrogens (tertiary/aromatic N) is 1. The summed E-state index contributed by atoms with van der Waals surface area (Å²) in [4.78, 5) is 15.9. The molecule has 1 aliphatic heterocycles. The van der Waals surface area contributed by atoms with Crippen LogP contribution in [-0.2, 0) is 11.3 Å². The number of hydrogen-bond acceptors (Lipinski definition) is 6. The van der Waals surface area contributed by atoms with Crippen LogP contribution >= 0.6 is 0 Å². The van der Waals surface area contributed by atoms with Crippen molar-refractivity contribution in [3.63, 3.8) is 0 Å². The first-order valence-electron chi connectivity index (χ1n) is 11.7. The quantitative estimate of drug-likeness (QED) is 0.405. The number of benzene rings is 3. The van der Waals surface area contributed by atoms with Gasteiger partial charge in [-0.25, -0.2) is 0 Å². The van der Waals surface area contributed by atoms with E-state index in [1.807, 2.05) is 66.7 Å². The van der Waals surface area contributed by atoms with E-state index in [9.17, 15) is 4.79 Å². The minimum atomic E-state index is 0.0314. The number of hydrogen-bond donors (Lipinski definition) is 0. The topological polar surface area (TPSA) is 57.2 Å². The molecule has 36 heavy (non-hydrogen) atoms. The lowest BCUT2D eigenvalue weighted by molar-refractivity contribution is -0.113. The third kappa shape index (κ3) is 5.78. The summed E-state index contributed by atoms with van der Waals surface area (Å²) in [5.74, 6) is 2.57. The molecule has 1 aliphatic rings. The predicted molar refractivity (Wildman–Crippen MR) is 142 cm³/mol. The molecule has 1 heterocycles. The monoisotopic (exact) mass is 485 g/mol. The zero-order valence-corrected chi connectivity index (χ0v) is 21.1. The summed E-state index contributed by atoms with van der Waals surface area (Å²) in [6.45, 7) is 1.83. The molecule has 186 valence electrons. The molecule has 4 rings (SSSR count). The van der Waals surface area contributed by atoms with Gasteiger partial charge >= 0.3 is 0 Å². The fraction of sp³-hybridized carbons (Fsp3) is 0.233. The molecule has 0 N–H and O–H groups in total. The highest BCUT2D eigenvalue weighted by Crippen LogP contribution is 2.31. The molecule has 1 saturated heterocycles. The zero-order valence-electron chi connectivity index (χ0n) is 21.1. The van der Waals surface area contributed by atoms with Gasteiger partial charge in [-0.3, -0.25) is 9.69 Å². The first kappa shape index (κ1) is 25.1. The SMILES string of the molecule is COc1ccc(C=C2CN(Cc3ccccc3)CC(=Cc3ccc(OC)c(OC)c3)C2=O)cc1OC. The van der Waals surface area contributed by atoms with Crippen molar-refractivity contribution < 1.29 is 23.7 Å². The van der Waals surface area contributed by atoms with E-state index < -0.39 is 0 Å². The average Bonchev–Trinajstić information content (AvgIpc) is 2.91. The summed E-state index contributed by atoms with van der Waals surface area (Å²) >= 11 is 0. The minimum Gasteiger partial charge on any atom is -0.493 e. The lowest BCUT2D eigenvalue weighted by Gasteiger charge is -2.30. The van der Waals surface area contributed by atoms with Gasteiger partial charge in [0, 0.05) is 30.8 Å². The van der Waals surface area contributed by atoms with Gasteiger partial charge in [0.2, 0.25) is 0 Å². The first-order chi connectivity index (χ1) is 17.5. The predicted octanol–water partition coefficient (Wildman–Crippen LogP) is 5.27. The molecule has 0 amide bonds. The number of carbonyl (C=O) groups is 1. The molecule has 0 saturated carbocycles. The maximum Gasteiger partial charge on any atom is 0.187 e. The zero-order chi connectivity index (χ0) is 25.5. The number of ether oxygens (including phenoxy) is 4. The van der Waals surface area contributed by atoms with Crippen molar-refractivity contribution in [3.8, 4) is 23.0 Å². The third-order valence-electron chi connectivity index (χ3n) is 6.12. The third-order valence-corrected chi connectivity index (χ3v) is 6.12. The van der Waals surface area contributed by atoms with Crippen LogP contribution in [-0.4, -0.2) is 52.2 Å². The second-order valence-electron chi connectivity index (χ2n) is 8.53. The van der Waals surface area contributed by atoms with E-state index in [2.05, 4.69) is 17.0 Å². The lowest BCUT2D eigenvalue weighted by atomic mass is 9.93. The summed E-state index contributed by atoms with van der Waals surface area (Å²) in [7, 11) is 6.42. The number of ketones is 1. The second-order valence-corrected chi connectivity index (χ2v) is 8.53. The van der Waals surface area contributed by atoms with Crippen molar-refractivity contribution in [3.05, 3.63) is 94.6 Å². The molecule has 0 aliphatic carbocycles. The number of Topliss-reactive ketones (excluding diaryl/α,β-unsaturated/α-hetero) is 1. The Labute approximate surface area is 212 Å². The van der Waals surface area contributed by atoms with E-state index in [1.165, 1.54) is 5.56 Å². The van der Waals surface area contributed by atoms with Gasteiger partial charge < -0.3 is 18.9 Å². The van der Waals surface area contributed by atoms with Gasteiger partial charge in [-0.05, 0) is 53.1 Å². The van der Waals surface area contributed by atoms with Crippen LogP contribution in [0.3, 0.4) is 0 Å². The smallest absolute Gasteiger partial charge is 0.187 e. The number of carbonyl (C=O) groups excluding carboxylic acids is 1. The van der Waals surface area contributed by atoms with E-state index >= 15 is 0 Å². The molecule has 3 aromatic rings. The van der Waals surface area contributed by atoms with Crippen LogP contribution in [0.25, 0.3) is 12.2 Å².